The Bertz CT molecular complexity index is 364. The van der Waals surface area contributed by atoms with Gasteiger partial charge in [0, 0.05) is 11.8 Å². The maximum absolute atomic E-state index is 12.1. The van der Waals surface area contributed by atoms with Crippen LogP contribution in [-0.4, -0.2) is 40.2 Å². The summed E-state index contributed by atoms with van der Waals surface area (Å²) in [4.78, 5) is 23.2. The molecule has 0 spiro atoms. The van der Waals surface area contributed by atoms with Crippen molar-refractivity contribution in [3.63, 3.8) is 0 Å². The highest BCUT2D eigenvalue weighted by molar-refractivity contribution is 7.99. The molecule has 0 radical (unpaired) electrons. The van der Waals surface area contributed by atoms with Crippen molar-refractivity contribution in [2.24, 2.45) is 0 Å². The molecule has 1 unspecified atom stereocenters. The first-order valence-electron chi connectivity index (χ1n) is 7.99. The van der Waals surface area contributed by atoms with E-state index in [4.69, 9.17) is 5.11 Å². The van der Waals surface area contributed by atoms with E-state index < -0.39 is 11.5 Å². The maximum Gasteiger partial charge on any atom is 0.315 e. The lowest BCUT2D eigenvalue weighted by atomic mass is 9.79. The number of carboxylic acid groups (broad SMARTS) is 1. The molecule has 5 nitrogen and oxygen atoms in total. The minimum Gasteiger partial charge on any atom is -0.481 e. The number of amides is 2. The van der Waals surface area contributed by atoms with Crippen LogP contribution in [-0.2, 0) is 4.79 Å². The second kappa shape index (κ2) is 7.92. The van der Waals surface area contributed by atoms with E-state index in [0.29, 0.717) is 11.8 Å². The molecule has 6 heteroatoms. The van der Waals surface area contributed by atoms with Gasteiger partial charge in [0.2, 0.25) is 0 Å². The average Bonchev–Trinajstić information content (AvgIpc) is 2.46. The summed E-state index contributed by atoms with van der Waals surface area (Å²) in [5, 5.41) is 15.5. The number of aliphatic carboxylic acids is 1. The van der Waals surface area contributed by atoms with Gasteiger partial charge in [0.1, 0.15) is 0 Å². The van der Waals surface area contributed by atoms with Crippen LogP contribution in [0, 0.1) is 0 Å². The lowest BCUT2D eigenvalue weighted by molar-refractivity contribution is -0.139. The molecule has 0 aromatic heterocycles. The van der Waals surface area contributed by atoms with E-state index in [1.54, 1.807) is 0 Å². The fourth-order valence-electron chi connectivity index (χ4n) is 3.32. The number of carbonyl (C=O) groups is 2. The molecule has 21 heavy (non-hydrogen) atoms. The van der Waals surface area contributed by atoms with Gasteiger partial charge in [0.25, 0.3) is 0 Å². The first-order valence-corrected chi connectivity index (χ1v) is 9.04. The molecule has 0 bridgehead atoms. The van der Waals surface area contributed by atoms with Gasteiger partial charge in [-0.3, -0.25) is 4.79 Å². The van der Waals surface area contributed by atoms with Gasteiger partial charge in [0.15, 0.2) is 0 Å². The molecular weight excluding hydrogens is 288 g/mol. The smallest absolute Gasteiger partial charge is 0.315 e. The maximum atomic E-state index is 12.1. The lowest BCUT2D eigenvalue weighted by Crippen LogP contribution is -2.54. The van der Waals surface area contributed by atoms with Crippen molar-refractivity contribution in [3.8, 4) is 0 Å². The molecule has 120 valence electrons. The van der Waals surface area contributed by atoms with E-state index >= 15 is 0 Å². The molecule has 0 aromatic rings. The Morgan fingerprint density at radius 3 is 2.52 bits per heavy atom. The lowest BCUT2D eigenvalue weighted by Gasteiger charge is -2.37. The van der Waals surface area contributed by atoms with E-state index in [-0.39, 0.29) is 12.5 Å². The first-order chi connectivity index (χ1) is 10.1. The van der Waals surface area contributed by atoms with Gasteiger partial charge in [-0.2, -0.15) is 11.8 Å². The zero-order valence-electron chi connectivity index (χ0n) is 12.5. The van der Waals surface area contributed by atoms with Crippen molar-refractivity contribution < 1.29 is 14.7 Å². The number of urea groups is 1. The fraction of sp³-hybridized carbons (Fsp3) is 0.867. The van der Waals surface area contributed by atoms with Gasteiger partial charge in [-0.05, 0) is 31.4 Å². The van der Waals surface area contributed by atoms with Crippen molar-refractivity contribution in [3.05, 3.63) is 0 Å². The Labute approximate surface area is 130 Å². The third-order valence-electron chi connectivity index (χ3n) is 4.44. The third kappa shape index (κ3) is 5.41. The molecule has 2 fully saturated rings. The molecule has 2 aliphatic rings. The molecule has 1 heterocycles. The quantitative estimate of drug-likeness (QED) is 0.729. The van der Waals surface area contributed by atoms with Crippen molar-refractivity contribution >= 4 is 23.8 Å². The molecule has 1 atom stereocenters. The summed E-state index contributed by atoms with van der Waals surface area (Å²) in [5.41, 5.74) is -0.548. The molecule has 1 saturated carbocycles. The van der Waals surface area contributed by atoms with Crippen molar-refractivity contribution in [1.82, 2.24) is 10.6 Å². The van der Waals surface area contributed by atoms with Crippen LogP contribution in [0.15, 0.2) is 0 Å². The second-order valence-electron chi connectivity index (χ2n) is 6.24. The minimum absolute atomic E-state index is 0.0264. The predicted molar refractivity (Wildman–Crippen MR) is 84.7 cm³/mol. The standard InChI is InChI=1S/C15H26N2O3S/c18-13(19)10-15(7-3-1-4-8-15)17-14(20)16-11-12-6-2-5-9-21-12/h12H,1-11H2,(H,18,19)(H2,16,17,20). The van der Waals surface area contributed by atoms with Gasteiger partial charge in [-0.15, -0.1) is 0 Å². The molecule has 0 aromatic carbocycles. The zero-order chi connectivity index (χ0) is 15.1. The molecule has 2 amide bonds. The van der Waals surface area contributed by atoms with Crippen molar-refractivity contribution in [2.45, 2.75) is 68.6 Å². The van der Waals surface area contributed by atoms with E-state index in [1.165, 1.54) is 18.6 Å². The highest BCUT2D eigenvalue weighted by Gasteiger charge is 2.35. The highest BCUT2D eigenvalue weighted by Crippen LogP contribution is 2.31. The van der Waals surface area contributed by atoms with Crippen LogP contribution in [0.5, 0.6) is 0 Å². The van der Waals surface area contributed by atoms with Crippen molar-refractivity contribution in [2.75, 3.05) is 12.3 Å². The summed E-state index contributed by atoms with van der Waals surface area (Å²) in [6, 6.07) is -0.204. The van der Waals surface area contributed by atoms with Crippen LogP contribution in [0.4, 0.5) is 4.79 Å². The SMILES string of the molecule is O=C(O)CC1(NC(=O)NCC2CCCCS2)CCCCC1. The molecule has 1 aliphatic carbocycles. The number of rotatable bonds is 5. The Kier molecular flexibility index (Phi) is 6.21. The van der Waals surface area contributed by atoms with Gasteiger partial charge in [-0.1, -0.05) is 25.7 Å². The van der Waals surface area contributed by atoms with E-state index in [0.717, 1.165) is 38.5 Å². The van der Waals surface area contributed by atoms with Gasteiger partial charge in [-0.25, -0.2) is 4.79 Å². The number of hydrogen-bond donors (Lipinski definition) is 3. The molecule has 3 N–H and O–H groups in total. The van der Waals surface area contributed by atoms with E-state index in [9.17, 15) is 9.59 Å². The van der Waals surface area contributed by atoms with Crippen molar-refractivity contribution in [1.29, 1.82) is 0 Å². The summed E-state index contributed by atoms with van der Waals surface area (Å²) in [5.74, 6) is 0.344. The topological polar surface area (TPSA) is 78.4 Å². The average molecular weight is 314 g/mol. The van der Waals surface area contributed by atoms with Crippen LogP contribution in [0.2, 0.25) is 0 Å². The van der Waals surface area contributed by atoms with E-state index in [1.807, 2.05) is 11.8 Å². The Morgan fingerprint density at radius 1 is 1.14 bits per heavy atom. The minimum atomic E-state index is -0.833. The first kappa shape index (κ1) is 16.5. The molecule has 1 saturated heterocycles. The summed E-state index contributed by atoms with van der Waals surface area (Å²) in [6.45, 7) is 0.680. The van der Waals surface area contributed by atoms with Gasteiger partial charge in [0.05, 0.1) is 12.0 Å². The molecular formula is C15H26N2O3S. The number of thioether (sulfide) groups is 1. The number of hydrogen-bond acceptors (Lipinski definition) is 3. The number of nitrogens with one attached hydrogen (secondary N) is 2. The summed E-state index contributed by atoms with van der Waals surface area (Å²) < 4.78 is 0. The number of carbonyl (C=O) groups excluding carboxylic acids is 1. The molecule has 2 rings (SSSR count). The Hall–Kier alpha value is -0.910. The Morgan fingerprint density at radius 2 is 1.90 bits per heavy atom. The van der Waals surface area contributed by atoms with Crippen LogP contribution in [0.3, 0.4) is 0 Å². The predicted octanol–water partition coefficient (Wildman–Crippen LogP) is 2.75. The highest BCUT2D eigenvalue weighted by atomic mass is 32.2. The van der Waals surface area contributed by atoms with Gasteiger partial charge >= 0.3 is 12.0 Å². The van der Waals surface area contributed by atoms with Crippen LogP contribution >= 0.6 is 11.8 Å². The van der Waals surface area contributed by atoms with Crippen LogP contribution < -0.4 is 10.6 Å². The monoisotopic (exact) mass is 314 g/mol. The zero-order valence-corrected chi connectivity index (χ0v) is 13.3. The van der Waals surface area contributed by atoms with Crippen LogP contribution in [0.25, 0.3) is 0 Å². The van der Waals surface area contributed by atoms with Crippen LogP contribution in [0.1, 0.15) is 57.8 Å². The molecule has 1 aliphatic heterocycles. The summed E-state index contributed by atoms with van der Waals surface area (Å²) >= 11 is 1.92. The third-order valence-corrected chi connectivity index (χ3v) is 5.84. The summed E-state index contributed by atoms with van der Waals surface area (Å²) in [7, 11) is 0. The largest absolute Gasteiger partial charge is 0.481 e. The number of carboxylic acids is 1. The normalized spacial score (nSPS) is 25.0. The second-order valence-corrected chi connectivity index (χ2v) is 7.64. The Balaban J connectivity index is 1.81. The van der Waals surface area contributed by atoms with Gasteiger partial charge < -0.3 is 15.7 Å². The fourth-order valence-corrected chi connectivity index (χ4v) is 4.56. The summed E-state index contributed by atoms with van der Waals surface area (Å²) in [6.07, 6.45) is 8.35. The van der Waals surface area contributed by atoms with E-state index in [2.05, 4.69) is 10.6 Å².